The van der Waals surface area contributed by atoms with E-state index in [1.54, 1.807) is 18.5 Å². The van der Waals surface area contributed by atoms with E-state index in [1.165, 1.54) is 0 Å². The second kappa shape index (κ2) is 15.1. The number of ether oxygens (including phenoxy) is 1. The number of pyridine rings is 2. The van der Waals surface area contributed by atoms with E-state index in [2.05, 4.69) is 20.2 Å². The van der Waals surface area contributed by atoms with E-state index in [-0.39, 0.29) is 5.91 Å². The van der Waals surface area contributed by atoms with Gasteiger partial charge in [0.1, 0.15) is 17.4 Å². The summed E-state index contributed by atoms with van der Waals surface area (Å²) < 4.78 is 5.92. The summed E-state index contributed by atoms with van der Waals surface area (Å²) in [4.78, 5) is 25.9. The first-order chi connectivity index (χ1) is 19.3. The van der Waals surface area contributed by atoms with Crippen molar-refractivity contribution >= 4 is 39.9 Å². The maximum Gasteiger partial charge on any atom is 0.255 e. The van der Waals surface area contributed by atoms with Gasteiger partial charge in [-0.3, -0.25) is 4.79 Å². The van der Waals surface area contributed by atoms with Gasteiger partial charge in [0.15, 0.2) is 0 Å². The molecule has 4 rings (SSSR count). The molecule has 212 valence electrons. The first-order valence-electron chi connectivity index (χ1n) is 13.4. The molecule has 0 spiro atoms. The Labute approximate surface area is 242 Å². The molecule has 2 aromatic heterocycles. The molecule has 3 N–H and O–H groups in total. The molecule has 9 heteroatoms. The van der Waals surface area contributed by atoms with Crippen LogP contribution in [0.5, 0.6) is 5.75 Å². The van der Waals surface area contributed by atoms with Gasteiger partial charge in [0, 0.05) is 44.5 Å². The van der Waals surface area contributed by atoms with E-state index < -0.39 is 0 Å². The zero-order valence-corrected chi connectivity index (χ0v) is 24.7. The van der Waals surface area contributed by atoms with E-state index in [0.717, 1.165) is 40.6 Å². The van der Waals surface area contributed by atoms with Crippen molar-refractivity contribution in [1.29, 1.82) is 0 Å². The lowest BCUT2D eigenvalue weighted by molar-refractivity contribution is 0.0951. The van der Waals surface area contributed by atoms with Crippen molar-refractivity contribution in [3.63, 3.8) is 0 Å². The van der Waals surface area contributed by atoms with Gasteiger partial charge in [0.2, 0.25) is 0 Å². The van der Waals surface area contributed by atoms with Crippen molar-refractivity contribution in [3.8, 4) is 5.75 Å². The van der Waals surface area contributed by atoms with Crippen LogP contribution in [0, 0.1) is 0 Å². The molecule has 1 amide bonds. The standard InChI is InChI=1S/C29H33ClN6O2.C2H6/c1-35(2)12-5-13-38-24-7-4-6-21(15-24)19-36(3)28-26(16-23(30)18-33-28)29(37)34-17-20-8-9-25-22(14-20)10-11-32-27(25)31;1-2/h4,6-11,14-16,18H,5,12-13,17,19H2,1-3H3,(H2,31,32)(H,34,37);1-2H3. The number of nitrogens with one attached hydrogen (secondary N) is 1. The predicted octanol–water partition coefficient (Wildman–Crippen LogP) is 5.79. The highest BCUT2D eigenvalue weighted by Gasteiger charge is 2.17. The van der Waals surface area contributed by atoms with Crippen LogP contribution in [0.1, 0.15) is 41.8 Å². The SMILES string of the molecule is CC.CN(C)CCCOc1cccc(CN(C)c2ncc(Cl)cc2C(=O)NCc2ccc3c(N)nccc3c2)c1. The molecule has 0 unspecified atom stereocenters. The molecule has 0 atom stereocenters. The number of anilines is 2. The van der Waals surface area contributed by atoms with Crippen LogP contribution in [0.25, 0.3) is 10.8 Å². The monoisotopic (exact) mass is 562 g/mol. The summed E-state index contributed by atoms with van der Waals surface area (Å²) in [6.07, 6.45) is 4.18. The molecule has 0 fully saturated rings. The molecular weight excluding hydrogens is 524 g/mol. The second-order valence-corrected chi connectivity index (χ2v) is 9.90. The van der Waals surface area contributed by atoms with Crippen molar-refractivity contribution in [1.82, 2.24) is 20.2 Å². The zero-order chi connectivity index (χ0) is 29.1. The molecule has 0 saturated carbocycles. The summed E-state index contributed by atoms with van der Waals surface area (Å²) in [5, 5.41) is 5.24. The van der Waals surface area contributed by atoms with Gasteiger partial charge in [-0.05, 0) is 67.4 Å². The van der Waals surface area contributed by atoms with Gasteiger partial charge in [-0.2, -0.15) is 0 Å². The predicted molar refractivity (Wildman–Crippen MR) is 165 cm³/mol. The van der Waals surface area contributed by atoms with Crippen LogP contribution < -0.4 is 20.7 Å². The molecule has 2 aromatic carbocycles. The summed E-state index contributed by atoms with van der Waals surface area (Å²) in [5.41, 5.74) is 8.35. The van der Waals surface area contributed by atoms with E-state index >= 15 is 0 Å². The number of amides is 1. The van der Waals surface area contributed by atoms with Crippen LogP contribution >= 0.6 is 11.6 Å². The van der Waals surface area contributed by atoms with E-state index in [0.29, 0.717) is 41.9 Å². The highest BCUT2D eigenvalue weighted by Crippen LogP contribution is 2.24. The molecule has 0 saturated heterocycles. The highest BCUT2D eigenvalue weighted by atomic mass is 35.5. The van der Waals surface area contributed by atoms with Crippen molar-refractivity contribution < 1.29 is 9.53 Å². The third kappa shape index (κ3) is 8.56. The Bertz CT molecular complexity index is 1410. The number of halogens is 1. The summed E-state index contributed by atoms with van der Waals surface area (Å²) in [7, 11) is 6.00. The number of aromatic nitrogens is 2. The summed E-state index contributed by atoms with van der Waals surface area (Å²) in [5.74, 6) is 1.59. The Kier molecular flexibility index (Phi) is 11.5. The molecule has 40 heavy (non-hydrogen) atoms. The van der Waals surface area contributed by atoms with Crippen molar-refractivity contribution in [2.24, 2.45) is 0 Å². The average Bonchev–Trinajstić information content (AvgIpc) is 2.95. The van der Waals surface area contributed by atoms with Crippen LogP contribution in [-0.2, 0) is 13.1 Å². The number of carbonyl (C=O) groups is 1. The van der Waals surface area contributed by atoms with Gasteiger partial charge in [0.05, 0.1) is 17.2 Å². The quantitative estimate of drug-likeness (QED) is 0.223. The van der Waals surface area contributed by atoms with Crippen molar-refractivity contribution in [3.05, 3.63) is 88.7 Å². The lowest BCUT2D eigenvalue weighted by atomic mass is 10.1. The third-order valence-corrected chi connectivity index (χ3v) is 6.30. The largest absolute Gasteiger partial charge is 0.494 e. The number of hydrogen-bond donors (Lipinski definition) is 2. The fourth-order valence-corrected chi connectivity index (χ4v) is 4.35. The number of nitrogens with two attached hydrogens (primary N) is 1. The molecule has 0 aliphatic carbocycles. The lowest BCUT2D eigenvalue weighted by Crippen LogP contribution is -2.27. The molecule has 4 aromatic rings. The van der Waals surface area contributed by atoms with Crippen molar-refractivity contribution in [2.75, 3.05) is 44.9 Å². The summed E-state index contributed by atoms with van der Waals surface area (Å²) in [6.45, 7) is 6.52. The Morgan fingerprint density at radius 3 is 2.60 bits per heavy atom. The maximum absolute atomic E-state index is 13.2. The third-order valence-electron chi connectivity index (χ3n) is 6.09. The maximum atomic E-state index is 13.2. The zero-order valence-electron chi connectivity index (χ0n) is 23.9. The number of fused-ring (bicyclic) bond motifs is 1. The fraction of sp³-hybridized carbons (Fsp3) is 0.323. The summed E-state index contributed by atoms with van der Waals surface area (Å²) in [6, 6.07) is 17.4. The minimum absolute atomic E-state index is 0.255. The Balaban J connectivity index is 0.00000216. The molecular formula is C31H39ClN6O2. The number of benzene rings is 2. The van der Waals surface area contributed by atoms with Crippen LogP contribution in [0.15, 0.2) is 67.0 Å². The van der Waals surface area contributed by atoms with E-state index in [4.69, 9.17) is 22.1 Å². The molecule has 0 aliphatic heterocycles. The Hall–Kier alpha value is -3.88. The lowest BCUT2D eigenvalue weighted by Gasteiger charge is -2.21. The number of nitrogen functional groups attached to an aromatic ring is 1. The number of hydrogen-bond acceptors (Lipinski definition) is 7. The molecule has 8 nitrogen and oxygen atoms in total. The first kappa shape index (κ1) is 30.7. The van der Waals surface area contributed by atoms with Gasteiger partial charge >= 0.3 is 0 Å². The first-order valence-corrected chi connectivity index (χ1v) is 13.8. The molecule has 0 aliphatic rings. The number of carbonyl (C=O) groups excluding carboxylic acids is 1. The average molecular weight is 563 g/mol. The number of nitrogens with zero attached hydrogens (tertiary/aromatic N) is 4. The van der Waals surface area contributed by atoms with Crippen LogP contribution in [0.2, 0.25) is 5.02 Å². The van der Waals surface area contributed by atoms with Gasteiger partial charge in [-0.15, -0.1) is 0 Å². The Morgan fingerprint density at radius 1 is 1.02 bits per heavy atom. The van der Waals surface area contributed by atoms with Crippen LogP contribution in [0.3, 0.4) is 0 Å². The van der Waals surface area contributed by atoms with E-state index in [9.17, 15) is 4.79 Å². The van der Waals surface area contributed by atoms with Gasteiger partial charge < -0.3 is 25.6 Å². The molecule has 2 heterocycles. The van der Waals surface area contributed by atoms with Gasteiger partial charge in [-0.25, -0.2) is 9.97 Å². The van der Waals surface area contributed by atoms with Crippen LogP contribution in [-0.4, -0.2) is 55.1 Å². The van der Waals surface area contributed by atoms with Gasteiger partial charge in [-0.1, -0.05) is 49.7 Å². The van der Waals surface area contributed by atoms with E-state index in [1.807, 2.05) is 88.4 Å². The smallest absolute Gasteiger partial charge is 0.255 e. The van der Waals surface area contributed by atoms with Crippen molar-refractivity contribution in [2.45, 2.75) is 33.4 Å². The molecule has 0 radical (unpaired) electrons. The minimum atomic E-state index is -0.255. The Morgan fingerprint density at radius 2 is 1.82 bits per heavy atom. The number of rotatable bonds is 11. The summed E-state index contributed by atoms with van der Waals surface area (Å²) >= 11 is 6.23. The minimum Gasteiger partial charge on any atom is -0.494 e. The molecule has 0 bridgehead atoms. The topological polar surface area (TPSA) is 96.6 Å². The second-order valence-electron chi connectivity index (χ2n) is 9.47. The highest BCUT2D eigenvalue weighted by molar-refractivity contribution is 6.31. The normalized spacial score (nSPS) is 10.7. The fourth-order valence-electron chi connectivity index (χ4n) is 4.19. The van der Waals surface area contributed by atoms with Gasteiger partial charge in [0.25, 0.3) is 5.91 Å². The van der Waals surface area contributed by atoms with Crippen LogP contribution in [0.4, 0.5) is 11.6 Å².